The summed E-state index contributed by atoms with van der Waals surface area (Å²) in [7, 11) is 0. The second-order valence-electron chi connectivity index (χ2n) is 8.16. The molecule has 3 heterocycles. The third-order valence-corrected chi connectivity index (χ3v) is 6.19. The summed E-state index contributed by atoms with van der Waals surface area (Å²) in [5, 5.41) is 1.14. The number of hydrogen-bond acceptors (Lipinski definition) is 3. The number of H-pyrrole nitrogens is 1. The van der Waals surface area contributed by atoms with E-state index in [-0.39, 0.29) is 11.8 Å². The number of aromatic amines is 1. The Morgan fingerprint density at radius 3 is 2.43 bits per heavy atom. The minimum Gasteiger partial charge on any atom is -0.366 e. The first kappa shape index (κ1) is 18.7. The third-order valence-electron chi connectivity index (χ3n) is 6.19. The lowest BCUT2D eigenvalue weighted by Gasteiger charge is -2.20. The van der Waals surface area contributed by atoms with Crippen LogP contribution in [0.1, 0.15) is 29.5 Å². The van der Waals surface area contributed by atoms with Crippen LogP contribution in [0.3, 0.4) is 0 Å². The van der Waals surface area contributed by atoms with Crippen molar-refractivity contribution in [3.63, 3.8) is 0 Å². The smallest absolute Gasteiger partial charge is 0.277 e. The summed E-state index contributed by atoms with van der Waals surface area (Å²) >= 11 is 0. The molecule has 5 heteroatoms. The molecular weight excluding hydrogens is 374 g/mol. The Morgan fingerprint density at radius 1 is 0.933 bits per heavy atom. The summed E-state index contributed by atoms with van der Waals surface area (Å²) in [5.41, 5.74) is 5.30. The van der Waals surface area contributed by atoms with Gasteiger partial charge in [0.1, 0.15) is 5.70 Å². The van der Waals surface area contributed by atoms with Gasteiger partial charge in [0.05, 0.1) is 5.57 Å². The van der Waals surface area contributed by atoms with Crippen LogP contribution in [0.25, 0.3) is 16.5 Å². The quantitative estimate of drug-likeness (QED) is 0.662. The van der Waals surface area contributed by atoms with Gasteiger partial charge in [-0.2, -0.15) is 0 Å². The Kier molecular flexibility index (Phi) is 4.66. The van der Waals surface area contributed by atoms with E-state index in [0.717, 1.165) is 53.5 Å². The summed E-state index contributed by atoms with van der Waals surface area (Å²) < 4.78 is 0. The van der Waals surface area contributed by atoms with E-state index in [1.807, 2.05) is 55.6 Å². The van der Waals surface area contributed by atoms with Crippen molar-refractivity contribution in [2.24, 2.45) is 0 Å². The number of para-hydroxylation sites is 1. The van der Waals surface area contributed by atoms with E-state index in [1.165, 1.54) is 4.90 Å². The van der Waals surface area contributed by atoms with E-state index in [0.29, 0.717) is 24.2 Å². The van der Waals surface area contributed by atoms with Crippen LogP contribution in [0.4, 0.5) is 0 Å². The molecule has 1 N–H and O–H groups in total. The van der Waals surface area contributed by atoms with Crippen LogP contribution in [0.5, 0.6) is 0 Å². The lowest BCUT2D eigenvalue weighted by Crippen LogP contribution is -2.36. The second-order valence-corrected chi connectivity index (χ2v) is 8.16. The second kappa shape index (κ2) is 7.48. The summed E-state index contributed by atoms with van der Waals surface area (Å²) in [5.74, 6) is -0.331. The molecule has 3 aromatic rings. The van der Waals surface area contributed by atoms with Crippen LogP contribution < -0.4 is 0 Å². The average Bonchev–Trinajstić information content (AvgIpc) is 3.47. The van der Waals surface area contributed by atoms with Gasteiger partial charge in [-0.15, -0.1) is 0 Å². The lowest BCUT2D eigenvalue weighted by molar-refractivity contribution is -0.137. The molecule has 2 aliphatic rings. The Morgan fingerprint density at radius 2 is 1.67 bits per heavy atom. The molecule has 152 valence electrons. The Labute approximate surface area is 176 Å². The molecule has 2 aromatic carbocycles. The fraction of sp³-hybridized carbons (Fsp3) is 0.280. The molecule has 1 fully saturated rings. The van der Waals surface area contributed by atoms with Crippen LogP contribution in [0, 0.1) is 6.92 Å². The number of aryl methyl sites for hydroxylation is 1. The highest BCUT2D eigenvalue weighted by Gasteiger charge is 2.41. The van der Waals surface area contributed by atoms with Gasteiger partial charge < -0.3 is 9.88 Å². The van der Waals surface area contributed by atoms with Crippen LogP contribution >= 0.6 is 0 Å². The molecule has 0 aliphatic carbocycles. The molecule has 1 aromatic heterocycles. The number of carbonyl (C=O) groups excluding carboxylic acids is 2. The standard InChI is InChI=1S/C25H25N3O2/c1-17-8-10-18(11-9-17)22-23(27-13-4-5-14-27)25(30)28(24(22)29)15-12-19-16-26-21-7-3-2-6-20(19)21/h2-3,6-11,16,26H,4-5,12-15H2,1H3. The van der Waals surface area contributed by atoms with Crippen molar-refractivity contribution in [1.82, 2.24) is 14.8 Å². The predicted molar refractivity (Wildman–Crippen MR) is 118 cm³/mol. The molecule has 5 rings (SSSR count). The molecule has 0 saturated carbocycles. The fourth-order valence-corrected chi connectivity index (χ4v) is 4.55. The monoisotopic (exact) mass is 399 g/mol. The molecule has 0 bridgehead atoms. The summed E-state index contributed by atoms with van der Waals surface area (Å²) in [6.07, 6.45) is 4.73. The van der Waals surface area contributed by atoms with Crippen LogP contribution in [-0.4, -0.2) is 46.2 Å². The number of carbonyl (C=O) groups is 2. The van der Waals surface area contributed by atoms with Crippen molar-refractivity contribution in [3.05, 3.63) is 77.1 Å². The van der Waals surface area contributed by atoms with Crippen molar-refractivity contribution in [1.29, 1.82) is 0 Å². The fourth-order valence-electron chi connectivity index (χ4n) is 4.55. The van der Waals surface area contributed by atoms with E-state index in [2.05, 4.69) is 16.0 Å². The van der Waals surface area contributed by atoms with E-state index in [9.17, 15) is 9.59 Å². The highest BCUT2D eigenvalue weighted by atomic mass is 16.2. The van der Waals surface area contributed by atoms with Crippen molar-refractivity contribution in [2.75, 3.05) is 19.6 Å². The topological polar surface area (TPSA) is 56.4 Å². The number of fused-ring (bicyclic) bond motifs is 1. The molecule has 1 saturated heterocycles. The molecule has 5 nitrogen and oxygen atoms in total. The van der Waals surface area contributed by atoms with E-state index in [4.69, 9.17) is 0 Å². The zero-order valence-electron chi connectivity index (χ0n) is 17.1. The Bertz CT molecular complexity index is 1150. The van der Waals surface area contributed by atoms with Crippen molar-refractivity contribution in [3.8, 4) is 0 Å². The number of benzene rings is 2. The largest absolute Gasteiger partial charge is 0.366 e. The molecule has 2 aliphatic heterocycles. The maximum atomic E-state index is 13.4. The maximum Gasteiger partial charge on any atom is 0.277 e. The average molecular weight is 399 g/mol. The summed E-state index contributed by atoms with van der Waals surface area (Å²) in [6, 6.07) is 16.0. The normalized spacial score (nSPS) is 17.1. The highest BCUT2D eigenvalue weighted by Crippen LogP contribution is 2.33. The van der Waals surface area contributed by atoms with E-state index < -0.39 is 0 Å². The Balaban J connectivity index is 1.45. The number of nitrogens with zero attached hydrogens (tertiary/aromatic N) is 2. The van der Waals surface area contributed by atoms with Gasteiger partial charge in [-0.05, 0) is 43.4 Å². The number of aromatic nitrogens is 1. The SMILES string of the molecule is Cc1ccc(C2=C(N3CCCC3)C(=O)N(CCc3c[nH]c4ccccc34)C2=O)cc1. The first-order valence-electron chi connectivity index (χ1n) is 10.6. The van der Waals surface area contributed by atoms with Crippen LogP contribution in [0.15, 0.2) is 60.4 Å². The summed E-state index contributed by atoms with van der Waals surface area (Å²) in [6.45, 7) is 4.07. The van der Waals surface area contributed by atoms with Crippen LogP contribution in [-0.2, 0) is 16.0 Å². The number of likely N-dealkylation sites (tertiary alicyclic amines) is 1. The van der Waals surface area contributed by atoms with Gasteiger partial charge in [0.2, 0.25) is 0 Å². The molecular formula is C25H25N3O2. The molecule has 0 unspecified atom stereocenters. The maximum absolute atomic E-state index is 13.4. The number of nitrogens with one attached hydrogen (secondary N) is 1. The minimum absolute atomic E-state index is 0.155. The van der Waals surface area contributed by atoms with E-state index in [1.54, 1.807) is 0 Å². The first-order valence-corrected chi connectivity index (χ1v) is 10.6. The number of imide groups is 1. The van der Waals surface area contributed by atoms with Crippen molar-refractivity contribution in [2.45, 2.75) is 26.2 Å². The Hall–Kier alpha value is -3.34. The van der Waals surface area contributed by atoms with E-state index >= 15 is 0 Å². The summed E-state index contributed by atoms with van der Waals surface area (Å²) in [4.78, 5) is 33.6. The molecule has 30 heavy (non-hydrogen) atoms. The van der Waals surface area contributed by atoms with Gasteiger partial charge >= 0.3 is 0 Å². The molecule has 0 spiro atoms. The lowest BCUT2D eigenvalue weighted by atomic mass is 10.0. The van der Waals surface area contributed by atoms with Crippen molar-refractivity contribution >= 4 is 28.3 Å². The number of rotatable bonds is 5. The van der Waals surface area contributed by atoms with Crippen molar-refractivity contribution < 1.29 is 9.59 Å². The van der Waals surface area contributed by atoms with Gasteiger partial charge in [0, 0.05) is 36.7 Å². The zero-order valence-corrected chi connectivity index (χ0v) is 17.1. The number of hydrogen-bond donors (Lipinski definition) is 1. The molecule has 0 radical (unpaired) electrons. The highest BCUT2D eigenvalue weighted by molar-refractivity contribution is 6.35. The van der Waals surface area contributed by atoms with Gasteiger partial charge in [-0.1, -0.05) is 48.0 Å². The molecule has 0 atom stereocenters. The molecule has 2 amide bonds. The van der Waals surface area contributed by atoms with Gasteiger partial charge in [0.25, 0.3) is 11.8 Å². The van der Waals surface area contributed by atoms with Gasteiger partial charge in [-0.3, -0.25) is 14.5 Å². The first-order chi connectivity index (χ1) is 14.6. The van der Waals surface area contributed by atoms with Crippen LogP contribution in [0.2, 0.25) is 0 Å². The predicted octanol–water partition coefficient (Wildman–Crippen LogP) is 3.89. The zero-order chi connectivity index (χ0) is 20.7. The van der Waals surface area contributed by atoms with Gasteiger partial charge in [0.15, 0.2) is 0 Å². The minimum atomic E-state index is -0.175. The number of amides is 2. The van der Waals surface area contributed by atoms with Gasteiger partial charge in [-0.25, -0.2) is 0 Å². The third kappa shape index (κ3) is 3.11.